The SMILES string of the molecule is C1=CC2CC23C(=C1)N(c1cccc(-n2c4ccccc4c4ccccc42)c1)c1ccccc13. The minimum atomic E-state index is 0.175. The van der Waals surface area contributed by atoms with E-state index in [1.165, 1.54) is 56.5 Å². The van der Waals surface area contributed by atoms with Gasteiger partial charge in [-0.3, -0.25) is 0 Å². The number of anilines is 2. The van der Waals surface area contributed by atoms with E-state index in [0.29, 0.717) is 5.92 Å². The quantitative estimate of drug-likeness (QED) is 0.284. The molecule has 5 aromatic rings. The largest absolute Gasteiger partial charge is 0.313 e. The van der Waals surface area contributed by atoms with Gasteiger partial charge in [-0.15, -0.1) is 0 Å². The number of para-hydroxylation sites is 3. The zero-order valence-electron chi connectivity index (χ0n) is 18.1. The Labute approximate surface area is 192 Å². The predicted octanol–water partition coefficient (Wildman–Crippen LogP) is 7.65. The fraction of sp³-hybridized carbons (Fsp3) is 0.0968. The molecule has 0 saturated heterocycles. The van der Waals surface area contributed by atoms with Crippen LogP contribution in [0.2, 0.25) is 0 Å². The molecule has 2 nitrogen and oxygen atoms in total. The zero-order chi connectivity index (χ0) is 21.6. The van der Waals surface area contributed by atoms with Crippen LogP contribution < -0.4 is 4.90 Å². The summed E-state index contributed by atoms with van der Waals surface area (Å²) in [5.41, 5.74) is 9.33. The molecule has 1 fully saturated rings. The van der Waals surface area contributed by atoms with Crippen molar-refractivity contribution >= 4 is 33.2 Å². The smallest absolute Gasteiger partial charge is 0.0541 e. The van der Waals surface area contributed by atoms with E-state index in [1.54, 1.807) is 0 Å². The minimum Gasteiger partial charge on any atom is -0.313 e. The second-order valence-electron chi connectivity index (χ2n) is 9.46. The second kappa shape index (κ2) is 6.05. The van der Waals surface area contributed by atoms with E-state index in [-0.39, 0.29) is 5.41 Å². The molecule has 1 saturated carbocycles. The molecule has 2 heterocycles. The summed E-state index contributed by atoms with van der Waals surface area (Å²) in [7, 11) is 0. The molecule has 1 spiro atoms. The predicted molar refractivity (Wildman–Crippen MR) is 136 cm³/mol. The number of fused-ring (bicyclic) bond motifs is 4. The van der Waals surface area contributed by atoms with Gasteiger partial charge >= 0.3 is 0 Å². The molecule has 2 atom stereocenters. The Kier molecular flexibility index (Phi) is 3.21. The molecule has 2 aliphatic carbocycles. The fourth-order valence-electron chi connectivity index (χ4n) is 6.39. The van der Waals surface area contributed by atoms with Crippen LogP contribution in [-0.2, 0) is 5.41 Å². The van der Waals surface area contributed by atoms with Gasteiger partial charge in [0.25, 0.3) is 0 Å². The third kappa shape index (κ3) is 2.13. The maximum absolute atomic E-state index is 2.50. The first-order chi connectivity index (χ1) is 16.4. The highest BCUT2D eigenvalue weighted by atomic mass is 15.2. The van der Waals surface area contributed by atoms with Gasteiger partial charge in [-0.1, -0.05) is 72.8 Å². The highest BCUT2D eigenvalue weighted by Crippen LogP contribution is 2.69. The molecule has 0 amide bonds. The third-order valence-electron chi connectivity index (χ3n) is 7.86. The lowest BCUT2D eigenvalue weighted by Crippen LogP contribution is -2.19. The lowest BCUT2D eigenvalue weighted by molar-refractivity contribution is 0.782. The van der Waals surface area contributed by atoms with Crippen LogP contribution in [-0.4, -0.2) is 4.57 Å². The zero-order valence-corrected chi connectivity index (χ0v) is 18.1. The molecule has 3 aliphatic rings. The van der Waals surface area contributed by atoms with Gasteiger partial charge in [0.1, 0.15) is 0 Å². The van der Waals surface area contributed by atoms with Crippen LogP contribution in [0, 0.1) is 5.92 Å². The van der Waals surface area contributed by atoms with Crippen LogP contribution in [0.3, 0.4) is 0 Å². The summed E-state index contributed by atoms with van der Waals surface area (Å²) >= 11 is 0. The first kappa shape index (κ1) is 17.5. The minimum absolute atomic E-state index is 0.175. The van der Waals surface area contributed by atoms with E-state index in [1.807, 2.05) is 0 Å². The normalized spacial score (nSPS) is 22.2. The molecular formula is C31H22N2. The molecule has 33 heavy (non-hydrogen) atoms. The van der Waals surface area contributed by atoms with Crippen LogP contribution in [0.15, 0.2) is 121 Å². The lowest BCUT2D eigenvalue weighted by Gasteiger charge is -2.25. The van der Waals surface area contributed by atoms with Gasteiger partial charge in [-0.2, -0.15) is 0 Å². The maximum atomic E-state index is 2.50. The Balaban J connectivity index is 1.37. The molecule has 1 aromatic heterocycles. The molecular weight excluding hydrogens is 400 g/mol. The van der Waals surface area contributed by atoms with Gasteiger partial charge in [-0.25, -0.2) is 0 Å². The van der Waals surface area contributed by atoms with Crippen LogP contribution >= 0.6 is 0 Å². The van der Waals surface area contributed by atoms with Crippen molar-refractivity contribution in [2.24, 2.45) is 5.92 Å². The van der Waals surface area contributed by atoms with Crippen molar-refractivity contribution in [2.45, 2.75) is 11.8 Å². The molecule has 0 radical (unpaired) electrons. The van der Waals surface area contributed by atoms with Gasteiger partial charge in [-0.05, 0) is 60.4 Å². The molecule has 1 aliphatic heterocycles. The fourth-order valence-corrected chi connectivity index (χ4v) is 6.39. The van der Waals surface area contributed by atoms with Crippen LogP contribution in [0.4, 0.5) is 11.4 Å². The van der Waals surface area contributed by atoms with Crippen molar-refractivity contribution in [1.82, 2.24) is 4.57 Å². The number of hydrogen-bond acceptors (Lipinski definition) is 1. The Hall–Kier alpha value is -4.04. The number of rotatable bonds is 2. The summed E-state index contributed by atoms with van der Waals surface area (Å²) in [4.78, 5) is 2.50. The molecule has 4 aromatic carbocycles. The van der Waals surface area contributed by atoms with Crippen molar-refractivity contribution in [3.05, 3.63) is 127 Å². The van der Waals surface area contributed by atoms with Crippen LogP contribution in [0.1, 0.15) is 12.0 Å². The van der Waals surface area contributed by atoms with Crippen LogP contribution in [0.5, 0.6) is 0 Å². The second-order valence-corrected chi connectivity index (χ2v) is 9.46. The Bertz CT molecular complexity index is 1610. The third-order valence-corrected chi connectivity index (χ3v) is 7.86. The molecule has 2 unspecified atom stereocenters. The number of nitrogens with zero attached hydrogens (tertiary/aromatic N) is 2. The molecule has 156 valence electrons. The summed E-state index contributed by atoms with van der Waals surface area (Å²) in [5, 5.41) is 2.59. The van der Waals surface area contributed by atoms with E-state index in [4.69, 9.17) is 0 Å². The van der Waals surface area contributed by atoms with Gasteiger partial charge in [0, 0.05) is 33.3 Å². The summed E-state index contributed by atoms with van der Waals surface area (Å²) < 4.78 is 2.40. The van der Waals surface area contributed by atoms with Crippen molar-refractivity contribution < 1.29 is 0 Å². The van der Waals surface area contributed by atoms with Gasteiger partial charge < -0.3 is 9.47 Å². The number of hydrogen-bond donors (Lipinski definition) is 0. The lowest BCUT2D eigenvalue weighted by atomic mass is 9.90. The number of benzene rings is 4. The summed E-state index contributed by atoms with van der Waals surface area (Å²) in [5.74, 6) is 0.629. The van der Waals surface area contributed by atoms with Crippen molar-refractivity contribution in [1.29, 1.82) is 0 Å². The van der Waals surface area contributed by atoms with Gasteiger partial charge in [0.2, 0.25) is 0 Å². The van der Waals surface area contributed by atoms with Crippen molar-refractivity contribution in [3.8, 4) is 5.69 Å². The summed E-state index contributed by atoms with van der Waals surface area (Å²) in [6.07, 6.45) is 8.19. The first-order valence-corrected chi connectivity index (χ1v) is 11.7. The van der Waals surface area contributed by atoms with Crippen molar-refractivity contribution in [3.63, 3.8) is 0 Å². The van der Waals surface area contributed by atoms with Crippen LogP contribution in [0.25, 0.3) is 27.5 Å². The standard InChI is InChI=1S/C31H22N2/c1-4-15-27-24(12-1)25-13-2-5-16-28(25)32(27)22-10-8-11-23(19-22)33-29-17-6-3-14-26(29)31-20-21(31)9-7-18-30(31)33/h1-19,21H,20H2. The number of aromatic nitrogens is 1. The Morgan fingerprint density at radius 3 is 2.21 bits per heavy atom. The average molecular weight is 423 g/mol. The highest BCUT2D eigenvalue weighted by molar-refractivity contribution is 6.09. The number of allylic oxidation sites excluding steroid dienone is 4. The maximum Gasteiger partial charge on any atom is 0.0541 e. The first-order valence-electron chi connectivity index (χ1n) is 11.7. The average Bonchev–Trinajstić information content (AvgIpc) is 3.44. The molecule has 2 heteroatoms. The topological polar surface area (TPSA) is 8.17 Å². The monoisotopic (exact) mass is 422 g/mol. The van der Waals surface area contributed by atoms with Gasteiger partial charge in [0.05, 0.1) is 16.7 Å². The Morgan fingerprint density at radius 2 is 1.39 bits per heavy atom. The van der Waals surface area contributed by atoms with E-state index in [9.17, 15) is 0 Å². The Morgan fingerprint density at radius 1 is 0.697 bits per heavy atom. The van der Waals surface area contributed by atoms with E-state index in [0.717, 1.165) is 0 Å². The van der Waals surface area contributed by atoms with E-state index in [2.05, 4.69) is 125 Å². The molecule has 0 bridgehead atoms. The van der Waals surface area contributed by atoms with Crippen molar-refractivity contribution in [2.75, 3.05) is 4.90 Å². The van der Waals surface area contributed by atoms with E-state index < -0.39 is 0 Å². The van der Waals surface area contributed by atoms with Gasteiger partial charge in [0.15, 0.2) is 0 Å². The molecule has 8 rings (SSSR count). The summed E-state index contributed by atoms with van der Waals surface area (Å²) in [6, 6.07) is 35.4. The highest BCUT2D eigenvalue weighted by Gasteiger charge is 2.63. The summed E-state index contributed by atoms with van der Waals surface area (Å²) in [6.45, 7) is 0. The molecule has 0 N–H and O–H groups in total. The van der Waals surface area contributed by atoms with E-state index >= 15 is 0 Å².